The monoisotopic (exact) mass is 322 g/mol. The van der Waals surface area contributed by atoms with Crippen LogP contribution in [-0.4, -0.2) is 16.1 Å². The number of benzene rings is 1. The van der Waals surface area contributed by atoms with E-state index in [1.54, 1.807) is 18.2 Å². The molecule has 0 radical (unpaired) electrons. The van der Waals surface area contributed by atoms with E-state index in [4.69, 9.17) is 18.0 Å². The zero-order valence-corrected chi connectivity index (χ0v) is 12.9. The highest BCUT2D eigenvalue weighted by Crippen LogP contribution is 2.28. The average molecular weight is 322 g/mol. The van der Waals surface area contributed by atoms with Crippen LogP contribution in [-0.2, 0) is 12.8 Å². The summed E-state index contributed by atoms with van der Waals surface area (Å²) in [4.78, 5) is 5.53. The first-order chi connectivity index (χ1) is 10.1. The second-order valence-corrected chi connectivity index (χ2v) is 6.46. The molecular weight excluding hydrogens is 307 g/mol. The average Bonchev–Trinajstić information content (AvgIpc) is 2.80. The minimum absolute atomic E-state index is 0.226. The predicted octanol–water partition coefficient (Wildman–Crippen LogP) is 2.71. The number of aromatic nitrogens is 1. The molecule has 0 spiro atoms. The Morgan fingerprint density at radius 3 is 3.05 bits per heavy atom. The van der Waals surface area contributed by atoms with Gasteiger partial charge in [0.2, 0.25) is 0 Å². The van der Waals surface area contributed by atoms with Crippen LogP contribution >= 0.6 is 23.6 Å². The molecule has 0 bridgehead atoms. The van der Waals surface area contributed by atoms with E-state index in [1.165, 1.54) is 22.3 Å². The Hall–Kier alpha value is -1.73. The number of thiocarbonyl (C=S) groups is 1. The van der Waals surface area contributed by atoms with Gasteiger partial charge in [0.25, 0.3) is 0 Å². The molecule has 1 aliphatic carbocycles. The summed E-state index contributed by atoms with van der Waals surface area (Å²) in [5.74, 6) is -0.317. The molecule has 1 aromatic heterocycles. The standard InChI is InChI=1S/C14H15FN4S2/c15-9-3-1-2-4-10(9)19-14(20)17-8-5-6-11-12(7-8)21-13(16)18-11/h1-4,8H,5-7H2,(H2,16,18)(H2,17,19,20)/t8-/m0/s1. The van der Waals surface area contributed by atoms with Crippen LogP contribution in [0.1, 0.15) is 17.0 Å². The number of rotatable bonds is 2. The number of fused-ring (bicyclic) bond motifs is 1. The predicted molar refractivity (Wildman–Crippen MR) is 88.1 cm³/mol. The van der Waals surface area contributed by atoms with E-state index in [2.05, 4.69) is 15.6 Å². The smallest absolute Gasteiger partial charge is 0.180 e. The Bertz CT molecular complexity index is 671. The lowest BCUT2D eigenvalue weighted by molar-refractivity contribution is 0.531. The molecule has 0 saturated heterocycles. The third-order valence-corrected chi connectivity index (χ3v) is 4.58. The number of hydrogen-bond donors (Lipinski definition) is 3. The van der Waals surface area contributed by atoms with Gasteiger partial charge in [-0.1, -0.05) is 12.1 Å². The quantitative estimate of drug-likeness (QED) is 0.742. The number of aryl methyl sites for hydroxylation is 1. The number of hydrogen-bond acceptors (Lipinski definition) is 4. The van der Waals surface area contributed by atoms with E-state index in [0.717, 1.165) is 25.0 Å². The molecule has 0 aliphatic heterocycles. The topological polar surface area (TPSA) is 63.0 Å². The number of halogens is 1. The largest absolute Gasteiger partial charge is 0.375 e. The van der Waals surface area contributed by atoms with E-state index >= 15 is 0 Å². The van der Waals surface area contributed by atoms with Gasteiger partial charge in [-0.15, -0.1) is 11.3 Å². The first-order valence-electron chi connectivity index (χ1n) is 6.68. The highest BCUT2D eigenvalue weighted by Gasteiger charge is 2.22. The molecule has 1 atom stereocenters. The van der Waals surface area contributed by atoms with E-state index in [0.29, 0.717) is 15.9 Å². The summed E-state index contributed by atoms with van der Waals surface area (Å²) in [5, 5.41) is 7.19. The van der Waals surface area contributed by atoms with Gasteiger partial charge in [-0.2, -0.15) is 0 Å². The van der Waals surface area contributed by atoms with Crippen molar-refractivity contribution < 1.29 is 4.39 Å². The maximum atomic E-state index is 13.6. The van der Waals surface area contributed by atoms with Crippen LogP contribution in [0.3, 0.4) is 0 Å². The van der Waals surface area contributed by atoms with Crippen LogP contribution in [0.15, 0.2) is 24.3 Å². The van der Waals surface area contributed by atoms with Crippen molar-refractivity contribution in [1.29, 1.82) is 0 Å². The van der Waals surface area contributed by atoms with Gasteiger partial charge in [0.15, 0.2) is 10.2 Å². The summed E-state index contributed by atoms with van der Waals surface area (Å²) < 4.78 is 13.6. The van der Waals surface area contributed by atoms with Gasteiger partial charge in [0, 0.05) is 17.3 Å². The Labute approximate surface area is 131 Å². The maximum Gasteiger partial charge on any atom is 0.180 e. The molecule has 4 N–H and O–H groups in total. The third kappa shape index (κ3) is 3.30. The Morgan fingerprint density at radius 2 is 2.24 bits per heavy atom. The van der Waals surface area contributed by atoms with Crippen LogP contribution in [0, 0.1) is 5.82 Å². The van der Waals surface area contributed by atoms with Gasteiger partial charge >= 0.3 is 0 Å². The van der Waals surface area contributed by atoms with Crippen molar-refractivity contribution in [2.75, 3.05) is 11.1 Å². The van der Waals surface area contributed by atoms with Crippen LogP contribution in [0.25, 0.3) is 0 Å². The van der Waals surface area contributed by atoms with Crippen molar-refractivity contribution in [2.45, 2.75) is 25.3 Å². The number of nitrogen functional groups attached to an aromatic ring is 1. The number of para-hydroxylation sites is 1. The normalized spacial score (nSPS) is 17.1. The van der Waals surface area contributed by atoms with Crippen LogP contribution < -0.4 is 16.4 Å². The zero-order chi connectivity index (χ0) is 14.8. The van der Waals surface area contributed by atoms with Crippen molar-refractivity contribution in [3.8, 4) is 0 Å². The number of nitrogens with one attached hydrogen (secondary N) is 2. The summed E-state index contributed by atoms with van der Waals surface area (Å²) in [6, 6.07) is 6.70. The molecule has 110 valence electrons. The molecule has 0 amide bonds. The summed E-state index contributed by atoms with van der Waals surface area (Å²) >= 11 is 6.78. The summed E-state index contributed by atoms with van der Waals surface area (Å²) in [5.41, 5.74) is 7.21. The minimum Gasteiger partial charge on any atom is -0.375 e. The molecule has 0 fully saturated rings. The first-order valence-corrected chi connectivity index (χ1v) is 7.90. The molecular formula is C14H15FN4S2. The second-order valence-electron chi connectivity index (χ2n) is 4.94. The van der Waals surface area contributed by atoms with Crippen LogP contribution in [0.4, 0.5) is 15.2 Å². The van der Waals surface area contributed by atoms with Gasteiger partial charge in [0.05, 0.1) is 11.4 Å². The molecule has 3 rings (SSSR count). The van der Waals surface area contributed by atoms with E-state index in [9.17, 15) is 4.39 Å². The Balaban J connectivity index is 1.60. The van der Waals surface area contributed by atoms with Crippen molar-refractivity contribution in [3.05, 3.63) is 40.7 Å². The number of nitrogens with two attached hydrogens (primary N) is 1. The van der Waals surface area contributed by atoms with E-state index in [1.807, 2.05) is 0 Å². The fourth-order valence-electron chi connectivity index (χ4n) is 2.42. The molecule has 21 heavy (non-hydrogen) atoms. The highest BCUT2D eigenvalue weighted by atomic mass is 32.1. The van der Waals surface area contributed by atoms with Crippen LogP contribution in [0.5, 0.6) is 0 Å². The minimum atomic E-state index is -0.317. The van der Waals surface area contributed by atoms with Gasteiger partial charge in [0.1, 0.15) is 5.82 Å². The van der Waals surface area contributed by atoms with Crippen molar-refractivity contribution in [1.82, 2.24) is 10.3 Å². The fourth-order valence-corrected chi connectivity index (χ4v) is 3.66. The Kier molecular flexibility index (Phi) is 4.03. The number of thiazole rings is 1. The van der Waals surface area contributed by atoms with E-state index in [-0.39, 0.29) is 11.9 Å². The van der Waals surface area contributed by atoms with Crippen molar-refractivity contribution in [3.63, 3.8) is 0 Å². The highest BCUT2D eigenvalue weighted by molar-refractivity contribution is 7.80. The molecule has 2 aromatic rings. The summed E-state index contributed by atoms with van der Waals surface area (Å²) in [6.07, 6.45) is 2.68. The SMILES string of the molecule is Nc1nc2c(s1)C[C@@H](NC(=S)Nc1ccccc1F)CC2. The summed E-state index contributed by atoms with van der Waals surface area (Å²) in [6.45, 7) is 0. The van der Waals surface area contributed by atoms with Gasteiger partial charge in [-0.25, -0.2) is 9.37 Å². The van der Waals surface area contributed by atoms with Gasteiger partial charge in [-0.3, -0.25) is 0 Å². The van der Waals surface area contributed by atoms with Gasteiger partial charge < -0.3 is 16.4 Å². The zero-order valence-electron chi connectivity index (χ0n) is 11.2. The third-order valence-electron chi connectivity index (χ3n) is 3.41. The molecule has 1 aliphatic rings. The maximum absolute atomic E-state index is 13.6. The fraction of sp³-hybridized carbons (Fsp3) is 0.286. The molecule has 0 unspecified atom stereocenters. The van der Waals surface area contributed by atoms with Crippen LogP contribution in [0.2, 0.25) is 0 Å². The van der Waals surface area contributed by atoms with Gasteiger partial charge in [-0.05, 0) is 37.2 Å². The van der Waals surface area contributed by atoms with Crippen molar-refractivity contribution >= 4 is 39.5 Å². The second kappa shape index (κ2) is 5.95. The Morgan fingerprint density at radius 1 is 1.43 bits per heavy atom. The lowest BCUT2D eigenvalue weighted by atomic mass is 9.98. The molecule has 1 heterocycles. The van der Waals surface area contributed by atoms with E-state index < -0.39 is 0 Å². The molecule has 4 nitrogen and oxygen atoms in total. The first kappa shape index (κ1) is 14.2. The molecule has 7 heteroatoms. The van der Waals surface area contributed by atoms with Crippen molar-refractivity contribution in [2.24, 2.45) is 0 Å². The number of anilines is 2. The summed E-state index contributed by atoms with van der Waals surface area (Å²) in [7, 11) is 0. The molecule has 0 saturated carbocycles. The lowest BCUT2D eigenvalue weighted by Gasteiger charge is -2.24. The number of nitrogens with zero attached hydrogens (tertiary/aromatic N) is 1. The lowest BCUT2D eigenvalue weighted by Crippen LogP contribution is -2.41. The molecule has 1 aromatic carbocycles.